The molecule has 0 spiro atoms. The number of aromatic nitrogens is 1. The van der Waals surface area contributed by atoms with Gasteiger partial charge in [-0.2, -0.15) is 0 Å². The molecule has 164 valence electrons. The Morgan fingerprint density at radius 3 is 2.61 bits per heavy atom. The van der Waals surface area contributed by atoms with E-state index in [1.165, 1.54) is 0 Å². The highest BCUT2D eigenvalue weighted by Crippen LogP contribution is 2.28. The highest BCUT2D eigenvalue weighted by molar-refractivity contribution is 7.16. The van der Waals surface area contributed by atoms with E-state index in [4.69, 9.17) is 11.6 Å². The smallest absolute Gasteiger partial charge is 0.270 e. The lowest BCUT2D eigenvalue weighted by Crippen LogP contribution is -2.43. The van der Waals surface area contributed by atoms with E-state index in [1.807, 2.05) is 35.2 Å². The van der Waals surface area contributed by atoms with Crippen LogP contribution in [0.1, 0.15) is 48.7 Å². The Hall–Kier alpha value is -2.31. The molecule has 0 saturated carbocycles. The maximum Gasteiger partial charge on any atom is 0.270 e. The Bertz CT molecular complexity index is 1050. The van der Waals surface area contributed by atoms with Gasteiger partial charge < -0.3 is 14.8 Å². The molecule has 1 aromatic carbocycles. The standard InChI is InChI=1S/C24H28ClN3O2S/c1-2-3-11-26-22(29)18-8-12-27(13-9-18)23(30)21-15-19-10-14-31-24(19)28(21)16-17-4-6-20(25)7-5-17/h4-7,10,14-15,18H,2-3,8-9,11-13,16H2,1H3,(H,26,29). The third-order valence-corrected chi connectivity index (χ3v) is 7.16. The first kappa shape index (κ1) is 21.9. The Kier molecular flexibility index (Phi) is 6.98. The summed E-state index contributed by atoms with van der Waals surface area (Å²) in [5.41, 5.74) is 1.81. The fourth-order valence-electron chi connectivity index (χ4n) is 4.12. The van der Waals surface area contributed by atoms with Crippen molar-refractivity contribution in [2.24, 2.45) is 5.92 Å². The first-order valence-electron chi connectivity index (χ1n) is 10.9. The number of hydrogen-bond acceptors (Lipinski definition) is 3. The second kappa shape index (κ2) is 9.88. The van der Waals surface area contributed by atoms with E-state index in [-0.39, 0.29) is 17.7 Å². The number of likely N-dealkylation sites (tertiary alicyclic amines) is 1. The summed E-state index contributed by atoms with van der Waals surface area (Å²) in [6.07, 6.45) is 3.51. The number of carbonyl (C=O) groups is 2. The van der Waals surface area contributed by atoms with E-state index in [2.05, 4.69) is 28.3 Å². The molecule has 0 radical (unpaired) electrons. The van der Waals surface area contributed by atoms with Gasteiger partial charge in [-0.3, -0.25) is 9.59 Å². The molecule has 1 fully saturated rings. The maximum atomic E-state index is 13.4. The van der Waals surface area contributed by atoms with Crippen LogP contribution in [-0.2, 0) is 11.3 Å². The van der Waals surface area contributed by atoms with E-state index in [9.17, 15) is 9.59 Å². The highest BCUT2D eigenvalue weighted by Gasteiger charge is 2.29. The molecule has 0 unspecified atom stereocenters. The summed E-state index contributed by atoms with van der Waals surface area (Å²) >= 11 is 7.68. The van der Waals surface area contributed by atoms with Crippen molar-refractivity contribution < 1.29 is 9.59 Å². The first-order chi connectivity index (χ1) is 15.1. The molecule has 0 atom stereocenters. The molecular formula is C24H28ClN3O2S. The largest absolute Gasteiger partial charge is 0.356 e. The van der Waals surface area contributed by atoms with Gasteiger partial charge in [0.15, 0.2) is 0 Å². The Morgan fingerprint density at radius 1 is 1.16 bits per heavy atom. The number of fused-ring (bicyclic) bond motifs is 1. The number of amides is 2. The van der Waals surface area contributed by atoms with Crippen molar-refractivity contribution in [2.45, 2.75) is 39.2 Å². The van der Waals surface area contributed by atoms with Crippen molar-refractivity contribution >= 4 is 45.0 Å². The molecular weight excluding hydrogens is 430 g/mol. The topological polar surface area (TPSA) is 54.3 Å². The molecule has 1 aliphatic heterocycles. The SMILES string of the molecule is CCCCNC(=O)C1CCN(C(=O)c2cc3ccsc3n2Cc2ccc(Cl)cc2)CC1. The molecule has 3 heterocycles. The zero-order valence-corrected chi connectivity index (χ0v) is 19.3. The van der Waals surface area contributed by atoms with Crippen LogP contribution in [0.25, 0.3) is 10.2 Å². The Labute approximate surface area is 192 Å². The Balaban J connectivity index is 1.46. The zero-order chi connectivity index (χ0) is 21.8. The fraction of sp³-hybridized carbons (Fsp3) is 0.417. The van der Waals surface area contributed by atoms with Crippen LogP contribution in [0, 0.1) is 5.92 Å². The molecule has 2 aromatic heterocycles. The van der Waals surface area contributed by atoms with Crippen LogP contribution < -0.4 is 5.32 Å². The predicted octanol–water partition coefficient (Wildman–Crippen LogP) is 5.17. The third kappa shape index (κ3) is 4.96. The van der Waals surface area contributed by atoms with Crippen LogP contribution in [-0.4, -0.2) is 40.9 Å². The van der Waals surface area contributed by atoms with Crippen LogP contribution in [0.5, 0.6) is 0 Å². The molecule has 3 aromatic rings. The summed E-state index contributed by atoms with van der Waals surface area (Å²) in [4.78, 5) is 28.8. The van der Waals surface area contributed by atoms with Crippen LogP contribution in [0.3, 0.4) is 0 Å². The number of hydrogen-bond donors (Lipinski definition) is 1. The van der Waals surface area contributed by atoms with Gasteiger partial charge in [0.25, 0.3) is 5.91 Å². The summed E-state index contributed by atoms with van der Waals surface area (Å²) in [6.45, 7) is 4.71. The second-order valence-corrected chi connectivity index (χ2v) is 9.47. The normalized spacial score (nSPS) is 14.8. The van der Waals surface area contributed by atoms with Gasteiger partial charge in [0, 0.05) is 42.5 Å². The lowest BCUT2D eigenvalue weighted by molar-refractivity contribution is -0.126. The van der Waals surface area contributed by atoms with Gasteiger partial charge in [0.2, 0.25) is 5.91 Å². The molecule has 7 heteroatoms. The highest BCUT2D eigenvalue weighted by atomic mass is 35.5. The van der Waals surface area contributed by atoms with Gasteiger partial charge >= 0.3 is 0 Å². The number of thiophene rings is 1. The summed E-state index contributed by atoms with van der Waals surface area (Å²) in [6, 6.07) is 11.8. The van der Waals surface area contributed by atoms with Gasteiger partial charge in [-0.1, -0.05) is 37.1 Å². The number of rotatable bonds is 7. The molecule has 31 heavy (non-hydrogen) atoms. The summed E-state index contributed by atoms with van der Waals surface area (Å²) in [5, 5.41) is 6.88. The minimum Gasteiger partial charge on any atom is -0.356 e. The lowest BCUT2D eigenvalue weighted by atomic mass is 9.95. The van der Waals surface area contributed by atoms with Crippen molar-refractivity contribution in [3.63, 3.8) is 0 Å². The van der Waals surface area contributed by atoms with E-state index in [1.54, 1.807) is 11.3 Å². The van der Waals surface area contributed by atoms with Crippen LogP contribution >= 0.6 is 22.9 Å². The average molecular weight is 458 g/mol. The molecule has 2 amide bonds. The third-order valence-electron chi connectivity index (χ3n) is 5.96. The van der Waals surface area contributed by atoms with Crippen molar-refractivity contribution in [2.75, 3.05) is 19.6 Å². The second-order valence-electron chi connectivity index (χ2n) is 8.13. The van der Waals surface area contributed by atoms with Crippen LogP contribution in [0.4, 0.5) is 0 Å². The van der Waals surface area contributed by atoms with Gasteiger partial charge in [0.05, 0.1) is 0 Å². The minimum absolute atomic E-state index is 0.00486. The maximum absolute atomic E-state index is 13.4. The van der Waals surface area contributed by atoms with Crippen molar-refractivity contribution in [1.29, 1.82) is 0 Å². The van der Waals surface area contributed by atoms with Gasteiger partial charge in [-0.15, -0.1) is 11.3 Å². The number of benzene rings is 1. The summed E-state index contributed by atoms with van der Waals surface area (Å²) in [5.74, 6) is 0.180. The van der Waals surface area contributed by atoms with Gasteiger partial charge in [-0.25, -0.2) is 0 Å². The van der Waals surface area contributed by atoms with Crippen molar-refractivity contribution in [1.82, 2.24) is 14.8 Å². The number of nitrogens with one attached hydrogen (secondary N) is 1. The zero-order valence-electron chi connectivity index (χ0n) is 17.8. The molecule has 5 nitrogen and oxygen atoms in total. The number of halogens is 1. The monoisotopic (exact) mass is 457 g/mol. The molecule has 0 bridgehead atoms. The molecule has 4 rings (SSSR count). The van der Waals surface area contributed by atoms with Gasteiger partial charge in [0.1, 0.15) is 10.5 Å². The van der Waals surface area contributed by atoms with Crippen molar-refractivity contribution in [3.05, 3.63) is 58.1 Å². The molecule has 1 saturated heterocycles. The first-order valence-corrected chi connectivity index (χ1v) is 12.2. The number of unbranched alkanes of at least 4 members (excludes halogenated alkanes) is 1. The van der Waals surface area contributed by atoms with Crippen molar-refractivity contribution in [3.8, 4) is 0 Å². The molecule has 0 aliphatic carbocycles. The lowest BCUT2D eigenvalue weighted by Gasteiger charge is -2.31. The predicted molar refractivity (Wildman–Crippen MR) is 127 cm³/mol. The number of piperidine rings is 1. The molecule has 1 aliphatic rings. The number of carbonyl (C=O) groups excluding carboxylic acids is 2. The van der Waals surface area contributed by atoms with Crippen LogP contribution in [0.15, 0.2) is 41.8 Å². The summed E-state index contributed by atoms with van der Waals surface area (Å²) < 4.78 is 2.11. The summed E-state index contributed by atoms with van der Waals surface area (Å²) in [7, 11) is 0. The van der Waals surface area contributed by atoms with E-state index < -0.39 is 0 Å². The van der Waals surface area contributed by atoms with E-state index in [0.717, 1.165) is 48.0 Å². The van der Waals surface area contributed by atoms with Gasteiger partial charge in [-0.05, 0) is 54.5 Å². The van der Waals surface area contributed by atoms with E-state index in [0.29, 0.717) is 30.4 Å². The Morgan fingerprint density at radius 2 is 1.90 bits per heavy atom. The average Bonchev–Trinajstić information content (AvgIpc) is 3.37. The fourth-order valence-corrected chi connectivity index (χ4v) is 5.14. The quantitative estimate of drug-likeness (QED) is 0.497. The molecule has 1 N–H and O–H groups in total. The van der Waals surface area contributed by atoms with Crippen LogP contribution in [0.2, 0.25) is 5.02 Å². The number of nitrogens with zero attached hydrogens (tertiary/aromatic N) is 2. The minimum atomic E-state index is 0.00486. The van der Waals surface area contributed by atoms with E-state index >= 15 is 0 Å².